The van der Waals surface area contributed by atoms with Gasteiger partial charge in [-0.2, -0.15) is 0 Å². The second-order valence-electron chi connectivity index (χ2n) is 6.83. The summed E-state index contributed by atoms with van der Waals surface area (Å²) in [6, 6.07) is 15.5. The van der Waals surface area contributed by atoms with Gasteiger partial charge < -0.3 is 14.8 Å². The highest BCUT2D eigenvalue weighted by molar-refractivity contribution is 7.13. The monoisotopic (exact) mass is 449 g/mol. The Morgan fingerprint density at radius 3 is 2.78 bits per heavy atom. The Kier molecular flexibility index (Phi) is 6.72. The predicted octanol–water partition coefficient (Wildman–Crippen LogP) is 4.86. The number of nitrogens with zero attached hydrogens (tertiary/aromatic N) is 2. The zero-order valence-corrected chi connectivity index (χ0v) is 18.1. The van der Waals surface area contributed by atoms with Crippen molar-refractivity contribution in [1.82, 2.24) is 15.3 Å². The van der Waals surface area contributed by atoms with Crippen molar-refractivity contribution in [3.05, 3.63) is 95.0 Å². The molecule has 0 spiro atoms. The Bertz CT molecular complexity index is 1210. The fourth-order valence-electron chi connectivity index (χ4n) is 2.98. The van der Waals surface area contributed by atoms with E-state index in [1.165, 1.54) is 24.5 Å². The number of hydrogen-bond acceptors (Lipinski definition) is 6. The molecule has 0 saturated carbocycles. The van der Waals surface area contributed by atoms with Crippen molar-refractivity contribution in [2.24, 2.45) is 0 Å². The van der Waals surface area contributed by atoms with Gasteiger partial charge in [-0.15, -0.1) is 11.3 Å². The molecule has 1 amide bonds. The van der Waals surface area contributed by atoms with Crippen molar-refractivity contribution in [1.29, 1.82) is 0 Å². The van der Waals surface area contributed by atoms with Crippen molar-refractivity contribution < 1.29 is 18.7 Å². The molecule has 0 radical (unpaired) electrons. The summed E-state index contributed by atoms with van der Waals surface area (Å²) in [6.07, 6.45) is 3.39. The first-order valence-corrected chi connectivity index (χ1v) is 10.7. The zero-order chi connectivity index (χ0) is 22.3. The maximum Gasteiger partial charge on any atom is 0.271 e. The molecule has 0 aliphatic carbocycles. The molecule has 4 rings (SSSR count). The first-order valence-electron chi connectivity index (χ1n) is 9.81. The van der Waals surface area contributed by atoms with Crippen LogP contribution in [0.1, 0.15) is 21.6 Å². The molecule has 0 saturated heterocycles. The molecule has 8 heteroatoms. The van der Waals surface area contributed by atoms with E-state index in [9.17, 15) is 9.18 Å². The Hall–Kier alpha value is -3.78. The quantitative estimate of drug-likeness (QED) is 0.416. The average molecular weight is 450 g/mol. The van der Waals surface area contributed by atoms with Crippen LogP contribution >= 0.6 is 11.3 Å². The first-order chi connectivity index (χ1) is 15.6. The molecule has 1 N–H and O–H groups in total. The molecule has 2 heterocycles. The van der Waals surface area contributed by atoms with E-state index in [0.29, 0.717) is 34.3 Å². The maximum absolute atomic E-state index is 13.8. The molecular formula is C24H20FN3O3S. The smallest absolute Gasteiger partial charge is 0.271 e. The number of amides is 1. The topological polar surface area (TPSA) is 73.3 Å². The van der Waals surface area contributed by atoms with Crippen LogP contribution in [0, 0.1) is 5.82 Å². The summed E-state index contributed by atoms with van der Waals surface area (Å²) in [5.74, 6) is 0.412. The lowest BCUT2D eigenvalue weighted by molar-refractivity contribution is 0.0946. The molecule has 162 valence electrons. The van der Waals surface area contributed by atoms with Crippen molar-refractivity contribution >= 4 is 17.2 Å². The van der Waals surface area contributed by atoms with E-state index in [0.717, 1.165) is 11.1 Å². The molecule has 0 aliphatic heterocycles. The van der Waals surface area contributed by atoms with Gasteiger partial charge in [-0.3, -0.25) is 9.78 Å². The van der Waals surface area contributed by atoms with Gasteiger partial charge in [0, 0.05) is 35.4 Å². The summed E-state index contributed by atoms with van der Waals surface area (Å²) >= 11 is 1.36. The molecule has 2 aromatic carbocycles. The Morgan fingerprint density at radius 2 is 2.00 bits per heavy atom. The summed E-state index contributed by atoms with van der Waals surface area (Å²) < 4.78 is 25.0. The Labute approximate surface area is 188 Å². The van der Waals surface area contributed by atoms with Crippen LogP contribution in [0.2, 0.25) is 0 Å². The largest absolute Gasteiger partial charge is 0.493 e. The van der Waals surface area contributed by atoms with Crippen LogP contribution in [-0.4, -0.2) is 23.0 Å². The molecule has 32 heavy (non-hydrogen) atoms. The van der Waals surface area contributed by atoms with Gasteiger partial charge >= 0.3 is 0 Å². The fourth-order valence-corrected chi connectivity index (χ4v) is 3.77. The van der Waals surface area contributed by atoms with Gasteiger partial charge in [-0.05, 0) is 35.9 Å². The lowest BCUT2D eigenvalue weighted by Gasteiger charge is -2.12. The summed E-state index contributed by atoms with van der Waals surface area (Å²) in [5, 5.41) is 5.23. The third kappa shape index (κ3) is 5.09. The highest BCUT2D eigenvalue weighted by atomic mass is 32.1. The van der Waals surface area contributed by atoms with Gasteiger partial charge in [-0.1, -0.05) is 24.3 Å². The number of ether oxygens (including phenoxy) is 2. The number of aromatic nitrogens is 2. The number of benzene rings is 2. The summed E-state index contributed by atoms with van der Waals surface area (Å²) in [7, 11) is 1.54. The molecule has 0 bridgehead atoms. The lowest BCUT2D eigenvalue weighted by Crippen LogP contribution is -2.23. The van der Waals surface area contributed by atoms with Crippen LogP contribution in [-0.2, 0) is 13.2 Å². The van der Waals surface area contributed by atoms with Crippen molar-refractivity contribution in [3.8, 4) is 22.1 Å². The summed E-state index contributed by atoms with van der Waals surface area (Å²) in [4.78, 5) is 20.9. The number of thiazole rings is 1. The molecular weight excluding hydrogens is 429 g/mol. The number of nitrogens with one attached hydrogen (secondary N) is 1. The van der Waals surface area contributed by atoms with Crippen molar-refractivity contribution in [3.63, 3.8) is 0 Å². The average Bonchev–Trinajstić information content (AvgIpc) is 3.33. The van der Waals surface area contributed by atoms with Gasteiger partial charge in [0.25, 0.3) is 5.91 Å². The van der Waals surface area contributed by atoms with Gasteiger partial charge in [0.1, 0.15) is 23.1 Å². The summed E-state index contributed by atoms with van der Waals surface area (Å²) in [6.45, 7) is 0.461. The number of methoxy groups -OCH3 is 1. The van der Waals surface area contributed by atoms with Crippen LogP contribution in [0.25, 0.3) is 10.6 Å². The van der Waals surface area contributed by atoms with E-state index in [2.05, 4.69) is 15.3 Å². The number of carbonyl (C=O) groups excluding carboxylic acids is 1. The first kappa shape index (κ1) is 21.5. The predicted molar refractivity (Wildman–Crippen MR) is 120 cm³/mol. The van der Waals surface area contributed by atoms with Crippen molar-refractivity contribution in [2.75, 3.05) is 7.11 Å². The van der Waals surface area contributed by atoms with Crippen LogP contribution < -0.4 is 14.8 Å². The molecule has 0 atom stereocenters. The van der Waals surface area contributed by atoms with E-state index in [1.54, 1.807) is 48.1 Å². The lowest BCUT2D eigenvalue weighted by atomic mass is 10.2. The Morgan fingerprint density at radius 1 is 1.12 bits per heavy atom. The van der Waals surface area contributed by atoms with Crippen LogP contribution in [0.3, 0.4) is 0 Å². The highest BCUT2D eigenvalue weighted by Crippen LogP contribution is 2.34. The third-order valence-corrected chi connectivity index (χ3v) is 5.56. The molecule has 2 aromatic heterocycles. The number of hydrogen-bond donors (Lipinski definition) is 1. The van der Waals surface area contributed by atoms with Gasteiger partial charge in [0.05, 0.1) is 7.11 Å². The SMILES string of the molecule is COc1cc(-c2nc(C(=O)NCc3cccnc3)cs2)ccc1OCc1ccccc1F. The number of rotatable bonds is 8. The van der Waals surface area contributed by atoms with E-state index >= 15 is 0 Å². The highest BCUT2D eigenvalue weighted by Gasteiger charge is 2.14. The van der Waals surface area contributed by atoms with E-state index in [1.807, 2.05) is 18.2 Å². The van der Waals surface area contributed by atoms with Crippen molar-refractivity contribution in [2.45, 2.75) is 13.2 Å². The molecule has 0 unspecified atom stereocenters. The summed E-state index contributed by atoms with van der Waals surface area (Å²) in [5.41, 5.74) is 2.50. The van der Waals surface area contributed by atoms with Gasteiger partial charge in [0.2, 0.25) is 0 Å². The molecule has 0 aliphatic rings. The molecule has 6 nitrogen and oxygen atoms in total. The second-order valence-corrected chi connectivity index (χ2v) is 7.69. The van der Waals surface area contributed by atoms with Gasteiger partial charge in [0.15, 0.2) is 11.5 Å². The minimum atomic E-state index is -0.319. The normalized spacial score (nSPS) is 10.6. The minimum absolute atomic E-state index is 0.0842. The maximum atomic E-state index is 13.8. The minimum Gasteiger partial charge on any atom is -0.493 e. The Balaban J connectivity index is 1.44. The standard InChI is InChI=1S/C24H20FN3O3S/c1-30-22-11-17(8-9-21(22)31-14-18-6-2-3-7-19(18)25)24-28-20(15-32-24)23(29)27-13-16-5-4-10-26-12-16/h2-12,15H,13-14H2,1H3,(H,27,29). The van der Waals surface area contributed by atoms with Crippen LogP contribution in [0.15, 0.2) is 72.4 Å². The second kappa shape index (κ2) is 10.0. The van der Waals surface area contributed by atoms with Crippen LogP contribution in [0.5, 0.6) is 11.5 Å². The third-order valence-electron chi connectivity index (χ3n) is 4.66. The van der Waals surface area contributed by atoms with Crippen LogP contribution in [0.4, 0.5) is 4.39 Å². The number of carbonyl (C=O) groups is 1. The fraction of sp³-hybridized carbons (Fsp3) is 0.125. The number of halogens is 1. The van der Waals surface area contributed by atoms with E-state index in [4.69, 9.17) is 9.47 Å². The molecule has 0 fully saturated rings. The van der Waals surface area contributed by atoms with E-state index < -0.39 is 0 Å². The zero-order valence-electron chi connectivity index (χ0n) is 17.2. The van der Waals surface area contributed by atoms with Gasteiger partial charge in [-0.25, -0.2) is 9.37 Å². The number of pyridine rings is 1. The van der Waals surface area contributed by atoms with E-state index in [-0.39, 0.29) is 18.3 Å². The molecule has 4 aromatic rings.